The molecule has 3 nitrogen and oxygen atoms in total. The molecule has 1 saturated heterocycles. The van der Waals surface area contributed by atoms with Crippen LogP contribution >= 0.6 is 0 Å². The second-order valence-electron chi connectivity index (χ2n) is 2.57. The predicted molar refractivity (Wildman–Crippen MR) is 38.2 cm³/mol. The first kappa shape index (κ1) is 6.19. The highest BCUT2D eigenvalue weighted by Crippen LogP contribution is 2.08. The van der Waals surface area contributed by atoms with Gasteiger partial charge >= 0.3 is 0 Å². The summed E-state index contributed by atoms with van der Waals surface area (Å²) < 4.78 is 5.31. The van der Waals surface area contributed by atoms with E-state index in [-0.39, 0.29) is 0 Å². The maximum atomic E-state index is 5.31. The van der Waals surface area contributed by atoms with Crippen LogP contribution in [0.5, 0.6) is 0 Å². The summed E-state index contributed by atoms with van der Waals surface area (Å²) in [6.45, 7) is 4.84. The van der Waals surface area contributed by atoms with Gasteiger partial charge in [-0.1, -0.05) is 6.08 Å². The first-order valence-corrected chi connectivity index (χ1v) is 3.73. The first-order chi connectivity index (χ1) is 4.97. The number of ether oxygens (including phenoxy) is 1. The maximum absolute atomic E-state index is 5.31. The van der Waals surface area contributed by atoms with Gasteiger partial charge in [-0.25, -0.2) is 5.01 Å². The van der Waals surface area contributed by atoms with Gasteiger partial charge < -0.3 is 9.75 Å². The van der Waals surface area contributed by atoms with Gasteiger partial charge in [-0.05, 0) is 0 Å². The van der Waals surface area contributed by atoms with Gasteiger partial charge in [-0.3, -0.25) is 0 Å². The predicted octanol–water partition coefficient (Wildman–Crippen LogP) is 0.0629. The summed E-state index contributed by atoms with van der Waals surface area (Å²) in [5.74, 6) is 0. The Morgan fingerprint density at radius 2 is 2.10 bits per heavy atom. The zero-order chi connectivity index (χ0) is 6.81. The van der Waals surface area contributed by atoms with Crippen molar-refractivity contribution in [3.63, 3.8) is 0 Å². The molecule has 0 aromatic rings. The molecule has 1 fully saturated rings. The van der Waals surface area contributed by atoms with E-state index >= 15 is 0 Å². The lowest BCUT2D eigenvalue weighted by Gasteiger charge is -2.24. The molecule has 0 radical (unpaired) electrons. The van der Waals surface area contributed by atoms with E-state index in [2.05, 4.69) is 22.3 Å². The summed E-state index contributed by atoms with van der Waals surface area (Å²) >= 11 is 0. The average Bonchev–Trinajstić information content (AvgIpc) is 2.28. The number of nitrogens with zero attached hydrogens (tertiary/aromatic N) is 2. The lowest BCUT2D eigenvalue weighted by molar-refractivity contribution is 0.0693. The van der Waals surface area contributed by atoms with Gasteiger partial charge in [-0.15, -0.1) is 0 Å². The quantitative estimate of drug-likeness (QED) is 0.473. The van der Waals surface area contributed by atoms with Crippen molar-refractivity contribution in [2.75, 3.05) is 32.8 Å². The van der Waals surface area contributed by atoms with Crippen LogP contribution in [0.2, 0.25) is 0 Å². The number of hydrogen-bond acceptors (Lipinski definition) is 3. The smallest absolute Gasteiger partial charge is 0.0657 e. The van der Waals surface area contributed by atoms with E-state index < -0.39 is 0 Å². The molecule has 0 bridgehead atoms. The van der Waals surface area contributed by atoms with Gasteiger partial charge in [0.2, 0.25) is 0 Å². The molecule has 2 rings (SSSR count). The van der Waals surface area contributed by atoms with Crippen LogP contribution in [0.15, 0.2) is 12.3 Å². The SMILES string of the molecule is C1=CN2CCOCCN2C1. The van der Waals surface area contributed by atoms with E-state index in [9.17, 15) is 0 Å². The summed E-state index contributed by atoms with van der Waals surface area (Å²) in [6.07, 6.45) is 4.32. The fourth-order valence-electron chi connectivity index (χ4n) is 1.36. The Morgan fingerprint density at radius 1 is 1.20 bits per heavy atom. The molecule has 0 atom stereocenters. The van der Waals surface area contributed by atoms with E-state index in [0.717, 1.165) is 32.8 Å². The number of fused-ring (bicyclic) bond motifs is 1. The minimum atomic E-state index is 0.862. The Balaban J connectivity index is 2.00. The molecule has 0 aliphatic carbocycles. The molecular formula is C7H12N2O. The molecule has 0 unspecified atom stereocenters. The van der Waals surface area contributed by atoms with Gasteiger partial charge in [0.25, 0.3) is 0 Å². The second kappa shape index (κ2) is 2.60. The van der Waals surface area contributed by atoms with E-state index in [1.54, 1.807) is 0 Å². The van der Waals surface area contributed by atoms with Crippen molar-refractivity contribution in [1.29, 1.82) is 0 Å². The lowest BCUT2D eigenvalue weighted by atomic mass is 10.6. The van der Waals surface area contributed by atoms with Crippen molar-refractivity contribution in [3.8, 4) is 0 Å². The monoisotopic (exact) mass is 140 g/mol. The summed E-state index contributed by atoms with van der Waals surface area (Å²) in [6, 6.07) is 0. The second-order valence-corrected chi connectivity index (χ2v) is 2.57. The van der Waals surface area contributed by atoms with E-state index in [4.69, 9.17) is 4.74 Å². The Hall–Kier alpha value is -0.540. The Kier molecular flexibility index (Phi) is 1.61. The highest BCUT2D eigenvalue weighted by Gasteiger charge is 2.17. The fourth-order valence-corrected chi connectivity index (χ4v) is 1.36. The van der Waals surface area contributed by atoms with Gasteiger partial charge in [0.15, 0.2) is 0 Å². The third-order valence-corrected chi connectivity index (χ3v) is 1.92. The van der Waals surface area contributed by atoms with E-state index in [0.29, 0.717) is 0 Å². The van der Waals surface area contributed by atoms with Crippen LogP contribution in [0.3, 0.4) is 0 Å². The summed E-state index contributed by atoms with van der Waals surface area (Å²) in [7, 11) is 0. The summed E-state index contributed by atoms with van der Waals surface area (Å²) in [4.78, 5) is 0. The number of hydrazine groups is 1. The number of rotatable bonds is 0. The van der Waals surface area contributed by atoms with Crippen LogP contribution in [0.25, 0.3) is 0 Å². The third-order valence-electron chi connectivity index (χ3n) is 1.92. The van der Waals surface area contributed by atoms with E-state index in [1.165, 1.54) is 0 Å². The highest BCUT2D eigenvalue weighted by atomic mass is 16.5. The Bertz CT molecular complexity index is 147. The van der Waals surface area contributed by atoms with Crippen LogP contribution in [-0.4, -0.2) is 42.9 Å². The molecule has 0 aromatic heterocycles. The van der Waals surface area contributed by atoms with Crippen molar-refractivity contribution in [3.05, 3.63) is 12.3 Å². The standard InChI is InChI=1S/C7H12N2O/c1-2-8-4-6-10-7-5-9(8)3-1/h1-2H,3-7H2. The Labute approximate surface area is 60.8 Å². The van der Waals surface area contributed by atoms with Crippen molar-refractivity contribution in [2.24, 2.45) is 0 Å². The van der Waals surface area contributed by atoms with Crippen LogP contribution < -0.4 is 0 Å². The average molecular weight is 140 g/mol. The normalized spacial score (nSPS) is 26.6. The molecule has 0 saturated carbocycles. The van der Waals surface area contributed by atoms with Crippen molar-refractivity contribution in [1.82, 2.24) is 10.0 Å². The van der Waals surface area contributed by atoms with Crippen LogP contribution in [-0.2, 0) is 4.74 Å². The summed E-state index contributed by atoms with van der Waals surface area (Å²) in [5, 5.41) is 4.53. The van der Waals surface area contributed by atoms with Crippen molar-refractivity contribution < 1.29 is 4.74 Å². The molecular weight excluding hydrogens is 128 g/mol. The van der Waals surface area contributed by atoms with Crippen molar-refractivity contribution >= 4 is 0 Å². The van der Waals surface area contributed by atoms with Crippen molar-refractivity contribution in [2.45, 2.75) is 0 Å². The molecule has 0 spiro atoms. The fraction of sp³-hybridized carbons (Fsp3) is 0.714. The molecule has 0 N–H and O–H groups in total. The first-order valence-electron chi connectivity index (χ1n) is 3.73. The van der Waals surface area contributed by atoms with Gasteiger partial charge in [0.05, 0.1) is 19.8 Å². The molecule has 0 amide bonds. The van der Waals surface area contributed by atoms with Crippen LogP contribution in [0.4, 0.5) is 0 Å². The van der Waals surface area contributed by atoms with Gasteiger partial charge in [0.1, 0.15) is 0 Å². The van der Waals surface area contributed by atoms with Gasteiger partial charge in [-0.2, -0.15) is 0 Å². The molecule has 3 heteroatoms. The van der Waals surface area contributed by atoms with Gasteiger partial charge in [0, 0.05) is 19.3 Å². The topological polar surface area (TPSA) is 15.7 Å². The minimum Gasteiger partial charge on any atom is -0.378 e. The molecule has 2 heterocycles. The zero-order valence-electron chi connectivity index (χ0n) is 5.99. The van der Waals surface area contributed by atoms with E-state index in [1.807, 2.05) is 0 Å². The lowest BCUT2D eigenvalue weighted by Crippen LogP contribution is -2.35. The van der Waals surface area contributed by atoms with Crippen LogP contribution in [0.1, 0.15) is 0 Å². The Morgan fingerprint density at radius 3 is 3.10 bits per heavy atom. The highest BCUT2D eigenvalue weighted by molar-refractivity contribution is 4.91. The maximum Gasteiger partial charge on any atom is 0.0657 e. The number of hydrogen-bond donors (Lipinski definition) is 0. The molecule has 2 aliphatic rings. The zero-order valence-corrected chi connectivity index (χ0v) is 5.99. The van der Waals surface area contributed by atoms with Crippen LogP contribution in [0, 0.1) is 0 Å². The largest absolute Gasteiger partial charge is 0.378 e. The molecule has 2 aliphatic heterocycles. The third kappa shape index (κ3) is 1.02. The summed E-state index contributed by atoms with van der Waals surface area (Å²) in [5.41, 5.74) is 0. The minimum absolute atomic E-state index is 0.862. The molecule has 56 valence electrons. The molecule has 10 heavy (non-hydrogen) atoms. The molecule has 0 aromatic carbocycles.